The number of nitrogens with one attached hydrogen (secondary N) is 1. The number of aryl methyl sites for hydroxylation is 1. The normalized spacial score (nSPS) is 19.2. The monoisotopic (exact) mass is 456 g/mol. The molecule has 0 spiro atoms. The van der Waals surface area contributed by atoms with Crippen LogP contribution in [0, 0.1) is 0 Å². The minimum Gasteiger partial charge on any atom is -0.364 e. The molecule has 1 amide bonds. The number of aromatic nitrogens is 2. The Morgan fingerprint density at radius 2 is 1.88 bits per heavy atom. The number of anilines is 2. The largest absolute Gasteiger partial charge is 0.364 e. The highest BCUT2D eigenvalue weighted by Crippen LogP contribution is 2.32. The molecule has 2 fully saturated rings. The maximum Gasteiger partial charge on any atom is 0.271 e. The first-order chi connectivity index (χ1) is 15.4. The lowest BCUT2D eigenvalue weighted by molar-refractivity contribution is 0.0966. The van der Waals surface area contributed by atoms with Crippen LogP contribution in [0.4, 0.5) is 11.5 Å². The third-order valence-electron chi connectivity index (χ3n) is 6.84. The smallest absolute Gasteiger partial charge is 0.271 e. The first-order valence-corrected chi connectivity index (χ1v) is 12.0. The number of nitrogens with zero attached hydrogens (tertiary/aromatic N) is 4. The maximum atomic E-state index is 11.9. The van der Waals surface area contributed by atoms with Gasteiger partial charge in [0.25, 0.3) is 5.91 Å². The lowest BCUT2D eigenvalue weighted by atomic mass is 9.88. The lowest BCUT2D eigenvalue weighted by Crippen LogP contribution is -2.46. The minimum atomic E-state index is -0.621. The number of hydrogen-bond acceptors (Lipinski definition) is 6. The van der Waals surface area contributed by atoms with Crippen LogP contribution < -0.4 is 11.1 Å². The number of primary amides is 1. The van der Waals surface area contributed by atoms with Gasteiger partial charge in [0.1, 0.15) is 0 Å². The zero-order valence-corrected chi connectivity index (χ0v) is 19.7. The van der Waals surface area contributed by atoms with E-state index in [-0.39, 0.29) is 10.8 Å². The van der Waals surface area contributed by atoms with Crippen LogP contribution in [-0.4, -0.2) is 64.9 Å². The molecular weight excluding hydrogens is 424 g/mol. The van der Waals surface area contributed by atoms with Crippen LogP contribution in [-0.2, 0) is 6.42 Å². The van der Waals surface area contributed by atoms with Crippen LogP contribution in [0.1, 0.15) is 60.3 Å². The fourth-order valence-corrected chi connectivity index (χ4v) is 5.16. The third kappa shape index (κ3) is 5.22. The van der Waals surface area contributed by atoms with Gasteiger partial charge in [-0.15, -0.1) is 0 Å². The van der Waals surface area contributed by atoms with Crippen molar-refractivity contribution in [2.24, 2.45) is 5.73 Å². The molecular formula is C24H33ClN6O. The zero-order chi connectivity index (χ0) is 22.7. The Labute approximate surface area is 195 Å². The first-order valence-electron chi connectivity index (χ1n) is 11.6. The number of amides is 1. The molecule has 0 atom stereocenters. The number of benzene rings is 1. The zero-order valence-electron chi connectivity index (χ0n) is 19.0. The van der Waals surface area contributed by atoms with Gasteiger partial charge >= 0.3 is 0 Å². The summed E-state index contributed by atoms with van der Waals surface area (Å²) in [6, 6.07) is 9.08. The number of piperidine rings is 2. The highest BCUT2D eigenvalue weighted by molar-refractivity contribution is 6.30. The van der Waals surface area contributed by atoms with Crippen LogP contribution in [0.5, 0.6) is 0 Å². The molecule has 8 heteroatoms. The van der Waals surface area contributed by atoms with E-state index in [0.29, 0.717) is 23.9 Å². The molecule has 2 aliphatic heterocycles. The van der Waals surface area contributed by atoms with Crippen molar-refractivity contribution < 1.29 is 4.79 Å². The van der Waals surface area contributed by atoms with Crippen LogP contribution in [0.25, 0.3) is 0 Å². The molecule has 7 nitrogen and oxygen atoms in total. The number of halogens is 1. The number of carbonyl (C=O) groups excluding carboxylic acids is 1. The van der Waals surface area contributed by atoms with Crippen molar-refractivity contribution in [3.63, 3.8) is 0 Å². The minimum absolute atomic E-state index is 0.114. The van der Waals surface area contributed by atoms with Crippen molar-refractivity contribution >= 4 is 29.0 Å². The van der Waals surface area contributed by atoms with Gasteiger partial charge < -0.3 is 20.9 Å². The van der Waals surface area contributed by atoms with E-state index in [1.54, 1.807) is 0 Å². The van der Waals surface area contributed by atoms with E-state index in [1.807, 2.05) is 19.1 Å². The van der Waals surface area contributed by atoms with Gasteiger partial charge in [0, 0.05) is 11.7 Å². The van der Waals surface area contributed by atoms with E-state index >= 15 is 0 Å². The molecule has 2 saturated heterocycles. The molecule has 2 aromatic rings. The standard InChI is InChI=1S/C24H33ClN6O/c1-3-20-22(25)29-24(21(28-20)23(26)32)27-18-6-4-5-17(15-18)16-7-13-31(14-8-16)19-9-11-30(2)12-10-19/h4-6,15-16,19H,3,7-14H2,1-2H3,(H2,26,32)(H,27,29). The Bertz CT molecular complexity index is 952. The summed E-state index contributed by atoms with van der Waals surface area (Å²) in [4.78, 5) is 25.7. The summed E-state index contributed by atoms with van der Waals surface area (Å²) in [5.41, 5.74) is 8.39. The Morgan fingerprint density at radius 1 is 1.16 bits per heavy atom. The Hall–Kier alpha value is -2.22. The molecule has 3 heterocycles. The molecule has 1 aromatic heterocycles. The van der Waals surface area contributed by atoms with Gasteiger partial charge in [0.15, 0.2) is 16.7 Å². The van der Waals surface area contributed by atoms with Crippen molar-refractivity contribution in [1.82, 2.24) is 19.8 Å². The van der Waals surface area contributed by atoms with E-state index in [1.165, 1.54) is 44.3 Å². The summed E-state index contributed by atoms with van der Waals surface area (Å²) < 4.78 is 0. The maximum absolute atomic E-state index is 11.9. The Morgan fingerprint density at radius 3 is 2.53 bits per heavy atom. The average molecular weight is 457 g/mol. The Balaban J connectivity index is 1.44. The van der Waals surface area contributed by atoms with Crippen LogP contribution in [0.3, 0.4) is 0 Å². The van der Waals surface area contributed by atoms with Crippen LogP contribution in [0.15, 0.2) is 24.3 Å². The van der Waals surface area contributed by atoms with E-state index in [0.717, 1.165) is 24.8 Å². The molecule has 0 saturated carbocycles. The van der Waals surface area contributed by atoms with Crippen LogP contribution >= 0.6 is 11.6 Å². The Kier molecular flexibility index (Phi) is 7.28. The number of nitrogens with two attached hydrogens (primary N) is 1. The predicted octanol–water partition coefficient (Wildman–Crippen LogP) is 3.81. The summed E-state index contributed by atoms with van der Waals surface area (Å²) in [6.45, 7) is 6.63. The van der Waals surface area contributed by atoms with E-state index < -0.39 is 5.91 Å². The molecule has 3 N–H and O–H groups in total. The second-order valence-corrected chi connectivity index (χ2v) is 9.33. The highest BCUT2D eigenvalue weighted by atomic mass is 35.5. The summed E-state index contributed by atoms with van der Waals surface area (Å²) in [6.07, 6.45) is 5.48. The molecule has 2 aliphatic rings. The van der Waals surface area contributed by atoms with Crippen molar-refractivity contribution in [3.8, 4) is 0 Å². The molecule has 4 rings (SSSR count). The summed E-state index contributed by atoms with van der Waals surface area (Å²) in [5, 5.41) is 3.51. The van der Waals surface area contributed by atoms with E-state index in [4.69, 9.17) is 17.3 Å². The molecule has 0 bridgehead atoms. The first kappa shape index (κ1) is 23.0. The van der Waals surface area contributed by atoms with Gasteiger partial charge in [-0.1, -0.05) is 30.7 Å². The summed E-state index contributed by atoms with van der Waals surface area (Å²) in [5.74, 6) is 0.213. The summed E-state index contributed by atoms with van der Waals surface area (Å²) in [7, 11) is 2.22. The second-order valence-electron chi connectivity index (χ2n) is 8.97. The number of likely N-dealkylation sites (tertiary alicyclic amines) is 2. The fourth-order valence-electron chi connectivity index (χ4n) is 4.90. The van der Waals surface area contributed by atoms with Gasteiger partial charge in [-0.05, 0) is 88.9 Å². The molecule has 0 unspecified atom stereocenters. The molecule has 0 radical (unpaired) electrons. The quantitative estimate of drug-likeness (QED) is 0.687. The number of rotatable bonds is 6. The van der Waals surface area contributed by atoms with Crippen molar-refractivity contribution in [2.75, 3.05) is 38.5 Å². The van der Waals surface area contributed by atoms with Gasteiger partial charge in [-0.2, -0.15) is 0 Å². The van der Waals surface area contributed by atoms with Gasteiger partial charge in [-0.25, -0.2) is 9.97 Å². The van der Waals surface area contributed by atoms with Gasteiger partial charge in [-0.3, -0.25) is 4.79 Å². The molecule has 1 aromatic carbocycles. The van der Waals surface area contributed by atoms with E-state index in [9.17, 15) is 4.79 Å². The van der Waals surface area contributed by atoms with E-state index in [2.05, 4.69) is 44.3 Å². The second kappa shape index (κ2) is 10.1. The third-order valence-corrected chi connectivity index (χ3v) is 7.14. The lowest BCUT2D eigenvalue weighted by Gasteiger charge is -2.41. The molecule has 32 heavy (non-hydrogen) atoms. The topological polar surface area (TPSA) is 87.4 Å². The highest BCUT2D eigenvalue weighted by Gasteiger charge is 2.28. The van der Waals surface area contributed by atoms with Crippen molar-refractivity contribution in [2.45, 2.75) is 51.0 Å². The van der Waals surface area contributed by atoms with Crippen molar-refractivity contribution in [3.05, 3.63) is 46.4 Å². The number of carbonyl (C=O) groups is 1. The van der Waals surface area contributed by atoms with Crippen molar-refractivity contribution in [1.29, 1.82) is 0 Å². The fraction of sp³-hybridized carbons (Fsp3) is 0.542. The average Bonchev–Trinajstić information content (AvgIpc) is 2.80. The number of hydrogen-bond donors (Lipinski definition) is 2. The van der Waals surface area contributed by atoms with Gasteiger partial charge in [0.2, 0.25) is 0 Å². The van der Waals surface area contributed by atoms with Crippen LogP contribution in [0.2, 0.25) is 5.15 Å². The predicted molar refractivity (Wildman–Crippen MR) is 129 cm³/mol. The molecule has 172 valence electrons. The SMILES string of the molecule is CCc1nc(C(N)=O)c(Nc2cccc(C3CCN(C4CCN(C)CC4)CC3)c2)nc1Cl. The molecule has 0 aliphatic carbocycles. The van der Waals surface area contributed by atoms with Gasteiger partial charge in [0.05, 0.1) is 5.69 Å². The summed E-state index contributed by atoms with van der Waals surface area (Å²) >= 11 is 6.24.